The SMILES string of the molecule is Cc1ccc(S(=O)(=O)OCCn2c(CCNC(=O)OC(C)(C)C)nc3cc(Cl)ccc32)cc1. The lowest BCUT2D eigenvalue weighted by molar-refractivity contribution is 0.0528. The molecule has 1 amide bonds. The Bertz CT molecular complexity index is 1230. The van der Waals surface area contributed by atoms with Crippen molar-refractivity contribution in [2.45, 2.75) is 51.2 Å². The van der Waals surface area contributed by atoms with Gasteiger partial charge in [0.2, 0.25) is 0 Å². The molecule has 3 aromatic rings. The topological polar surface area (TPSA) is 99.5 Å². The third-order valence-electron chi connectivity index (χ3n) is 4.67. The molecule has 33 heavy (non-hydrogen) atoms. The van der Waals surface area contributed by atoms with Crippen molar-refractivity contribution in [1.82, 2.24) is 14.9 Å². The van der Waals surface area contributed by atoms with Crippen molar-refractivity contribution in [3.8, 4) is 0 Å². The van der Waals surface area contributed by atoms with E-state index in [1.54, 1.807) is 45.0 Å². The molecule has 0 spiro atoms. The molecule has 2 aromatic carbocycles. The molecule has 0 aliphatic heterocycles. The summed E-state index contributed by atoms with van der Waals surface area (Å²) in [5, 5.41) is 3.25. The molecule has 1 N–H and O–H groups in total. The molecule has 1 heterocycles. The fourth-order valence-corrected chi connectivity index (χ4v) is 4.26. The van der Waals surface area contributed by atoms with E-state index >= 15 is 0 Å². The van der Waals surface area contributed by atoms with Gasteiger partial charge < -0.3 is 14.6 Å². The van der Waals surface area contributed by atoms with Crippen LogP contribution in [0.25, 0.3) is 11.0 Å². The standard InChI is InChI=1S/C23H28ClN3O5S/c1-16-5-8-18(9-6-16)33(29,30)31-14-13-27-20-10-7-17(24)15-19(20)26-21(27)11-12-25-22(28)32-23(2,3)4/h5-10,15H,11-14H2,1-4H3,(H,25,28). The third-order valence-corrected chi connectivity index (χ3v) is 6.23. The summed E-state index contributed by atoms with van der Waals surface area (Å²) < 4.78 is 37.4. The van der Waals surface area contributed by atoms with Crippen molar-refractivity contribution in [2.75, 3.05) is 13.2 Å². The van der Waals surface area contributed by atoms with Crippen LogP contribution in [-0.4, -0.2) is 42.8 Å². The summed E-state index contributed by atoms with van der Waals surface area (Å²) in [5.41, 5.74) is 1.84. The quantitative estimate of drug-likeness (QED) is 0.465. The van der Waals surface area contributed by atoms with E-state index in [2.05, 4.69) is 10.3 Å². The first kappa shape index (κ1) is 25.0. The van der Waals surface area contributed by atoms with Gasteiger partial charge in [-0.05, 0) is 58.0 Å². The van der Waals surface area contributed by atoms with E-state index < -0.39 is 21.8 Å². The first-order valence-corrected chi connectivity index (χ1v) is 12.3. The van der Waals surface area contributed by atoms with E-state index in [0.29, 0.717) is 29.3 Å². The van der Waals surface area contributed by atoms with Crippen molar-refractivity contribution >= 4 is 38.8 Å². The molecule has 3 rings (SSSR count). The summed E-state index contributed by atoms with van der Waals surface area (Å²) in [6.07, 6.45) is -0.100. The second kappa shape index (κ2) is 10.1. The zero-order chi connectivity index (χ0) is 24.2. The predicted octanol–water partition coefficient (Wildman–Crippen LogP) is 4.47. The van der Waals surface area contributed by atoms with Crippen molar-refractivity contribution < 1.29 is 22.1 Å². The van der Waals surface area contributed by atoms with E-state index in [1.165, 1.54) is 12.1 Å². The fraction of sp³-hybridized carbons (Fsp3) is 0.391. The molecule has 0 aliphatic rings. The Morgan fingerprint density at radius 2 is 1.85 bits per heavy atom. The van der Waals surface area contributed by atoms with Crippen LogP contribution < -0.4 is 5.32 Å². The molecule has 0 unspecified atom stereocenters. The van der Waals surface area contributed by atoms with Gasteiger partial charge in [0.25, 0.3) is 10.1 Å². The lowest BCUT2D eigenvalue weighted by atomic mass is 10.2. The predicted molar refractivity (Wildman–Crippen MR) is 127 cm³/mol. The van der Waals surface area contributed by atoms with Gasteiger partial charge in [-0.25, -0.2) is 9.78 Å². The van der Waals surface area contributed by atoms with Crippen molar-refractivity contribution in [3.63, 3.8) is 0 Å². The number of halogens is 1. The van der Waals surface area contributed by atoms with E-state index in [-0.39, 0.29) is 18.0 Å². The largest absolute Gasteiger partial charge is 0.444 e. The van der Waals surface area contributed by atoms with Crippen LogP contribution in [0, 0.1) is 6.92 Å². The average Bonchev–Trinajstić information content (AvgIpc) is 3.03. The van der Waals surface area contributed by atoms with Crippen molar-refractivity contribution in [2.24, 2.45) is 0 Å². The summed E-state index contributed by atoms with van der Waals surface area (Å²) >= 11 is 6.10. The molecule has 0 atom stereocenters. The number of nitrogens with one attached hydrogen (secondary N) is 1. The molecule has 0 bridgehead atoms. The molecule has 0 radical (unpaired) electrons. The Labute approximate surface area is 199 Å². The first-order valence-electron chi connectivity index (χ1n) is 10.5. The molecular formula is C23H28ClN3O5S. The number of benzene rings is 2. The van der Waals surface area contributed by atoms with Crippen LogP contribution in [0.1, 0.15) is 32.2 Å². The highest BCUT2D eigenvalue weighted by atomic mass is 35.5. The maximum atomic E-state index is 12.5. The third kappa shape index (κ3) is 6.93. The number of fused-ring (bicyclic) bond motifs is 1. The molecule has 0 aliphatic carbocycles. The number of ether oxygens (including phenoxy) is 1. The number of aryl methyl sites for hydroxylation is 1. The Morgan fingerprint density at radius 3 is 2.52 bits per heavy atom. The van der Waals surface area contributed by atoms with E-state index in [0.717, 1.165) is 11.1 Å². The maximum Gasteiger partial charge on any atom is 0.407 e. The zero-order valence-corrected chi connectivity index (χ0v) is 20.7. The molecule has 8 nitrogen and oxygen atoms in total. The Balaban J connectivity index is 1.71. The van der Waals surface area contributed by atoms with Gasteiger partial charge in [-0.15, -0.1) is 0 Å². The van der Waals surface area contributed by atoms with E-state index in [9.17, 15) is 13.2 Å². The molecular weight excluding hydrogens is 466 g/mol. The summed E-state index contributed by atoms with van der Waals surface area (Å²) in [4.78, 5) is 16.6. The van der Waals surface area contributed by atoms with Crippen LogP contribution in [-0.2, 0) is 32.0 Å². The number of hydrogen-bond donors (Lipinski definition) is 1. The number of aromatic nitrogens is 2. The molecule has 0 fully saturated rings. The number of alkyl carbamates (subject to hydrolysis) is 1. The fourth-order valence-electron chi connectivity index (χ4n) is 3.19. The van der Waals surface area contributed by atoms with Gasteiger partial charge in [0.05, 0.1) is 22.5 Å². The van der Waals surface area contributed by atoms with E-state index in [1.807, 2.05) is 17.6 Å². The lowest BCUT2D eigenvalue weighted by Crippen LogP contribution is -2.33. The van der Waals surface area contributed by atoms with Crippen LogP contribution in [0.4, 0.5) is 4.79 Å². The minimum Gasteiger partial charge on any atom is -0.444 e. The maximum absolute atomic E-state index is 12.5. The number of hydrogen-bond acceptors (Lipinski definition) is 6. The Morgan fingerprint density at radius 1 is 1.15 bits per heavy atom. The second-order valence-corrected chi connectivity index (χ2v) is 10.6. The van der Waals surface area contributed by atoms with Crippen molar-refractivity contribution in [3.05, 3.63) is 58.9 Å². The molecule has 0 saturated heterocycles. The number of rotatable bonds is 8. The summed E-state index contributed by atoms with van der Waals surface area (Å²) in [6.45, 7) is 7.74. The lowest BCUT2D eigenvalue weighted by Gasteiger charge is -2.19. The normalized spacial score (nSPS) is 12.2. The minimum atomic E-state index is -3.88. The molecule has 10 heteroatoms. The highest BCUT2D eigenvalue weighted by Gasteiger charge is 2.18. The number of amides is 1. The molecule has 1 aromatic heterocycles. The number of carbonyl (C=O) groups is 1. The highest BCUT2D eigenvalue weighted by molar-refractivity contribution is 7.86. The van der Waals surface area contributed by atoms with Crippen LogP contribution >= 0.6 is 11.6 Å². The molecule has 178 valence electrons. The van der Waals surface area contributed by atoms with Crippen LogP contribution in [0.3, 0.4) is 0 Å². The van der Waals surface area contributed by atoms with Gasteiger partial charge in [-0.2, -0.15) is 8.42 Å². The van der Waals surface area contributed by atoms with Gasteiger partial charge in [-0.3, -0.25) is 4.18 Å². The number of imidazole rings is 1. The number of carbonyl (C=O) groups excluding carboxylic acids is 1. The summed E-state index contributed by atoms with van der Waals surface area (Å²) in [5.74, 6) is 0.666. The van der Waals surface area contributed by atoms with Crippen LogP contribution in [0.5, 0.6) is 0 Å². The second-order valence-electron chi connectivity index (χ2n) is 8.58. The van der Waals surface area contributed by atoms with Gasteiger partial charge in [0.15, 0.2) is 0 Å². The zero-order valence-electron chi connectivity index (χ0n) is 19.1. The summed E-state index contributed by atoms with van der Waals surface area (Å²) in [6, 6.07) is 11.8. The van der Waals surface area contributed by atoms with E-state index in [4.69, 9.17) is 20.5 Å². The smallest absolute Gasteiger partial charge is 0.407 e. The monoisotopic (exact) mass is 493 g/mol. The molecule has 0 saturated carbocycles. The highest BCUT2D eigenvalue weighted by Crippen LogP contribution is 2.21. The van der Waals surface area contributed by atoms with Crippen LogP contribution in [0.2, 0.25) is 5.02 Å². The average molecular weight is 494 g/mol. The van der Waals surface area contributed by atoms with Gasteiger partial charge in [-0.1, -0.05) is 29.3 Å². The first-order chi connectivity index (χ1) is 15.4. The summed E-state index contributed by atoms with van der Waals surface area (Å²) in [7, 11) is -3.88. The van der Waals surface area contributed by atoms with Gasteiger partial charge in [0, 0.05) is 24.5 Å². The van der Waals surface area contributed by atoms with Gasteiger partial charge in [0.1, 0.15) is 11.4 Å². The minimum absolute atomic E-state index is 0.0726. The van der Waals surface area contributed by atoms with Crippen LogP contribution in [0.15, 0.2) is 47.4 Å². The Hall–Kier alpha value is -2.62. The van der Waals surface area contributed by atoms with Crippen molar-refractivity contribution in [1.29, 1.82) is 0 Å². The number of nitrogens with zero attached hydrogens (tertiary/aromatic N) is 2. The Kier molecular flexibility index (Phi) is 7.66. The van der Waals surface area contributed by atoms with Gasteiger partial charge >= 0.3 is 6.09 Å².